The molecule has 0 bridgehead atoms. The van der Waals surface area contributed by atoms with Crippen LogP contribution >= 0.6 is 0 Å². The summed E-state index contributed by atoms with van der Waals surface area (Å²) in [5, 5.41) is 2.28. The fourth-order valence-corrected chi connectivity index (χ4v) is 1.82. The Balaban J connectivity index is 2.66. The minimum absolute atomic E-state index is 0.0488. The summed E-state index contributed by atoms with van der Waals surface area (Å²) in [5.74, 6) is -0.869. The molecule has 7 nitrogen and oxygen atoms in total. The van der Waals surface area contributed by atoms with E-state index >= 15 is 0 Å². The average Bonchev–Trinajstić information content (AvgIpc) is 2.33. The zero-order valence-corrected chi connectivity index (χ0v) is 11.7. The van der Waals surface area contributed by atoms with Gasteiger partial charge < -0.3 is 10.6 Å². The van der Waals surface area contributed by atoms with Crippen LogP contribution < -0.4 is 11.1 Å². The third-order valence-electron chi connectivity index (χ3n) is 3.38. The molecule has 1 aliphatic rings. The molecule has 1 rings (SSSR count). The molecule has 0 aliphatic carbocycles. The first-order chi connectivity index (χ1) is 8.78. The van der Waals surface area contributed by atoms with Crippen LogP contribution in [-0.2, 0) is 14.4 Å². The Labute approximate surface area is 113 Å². The van der Waals surface area contributed by atoms with Gasteiger partial charge in [0, 0.05) is 13.6 Å². The van der Waals surface area contributed by atoms with E-state index in [1.165, 1.54) is 0 Å². The maximum Gasteiger partial charge on any atom is 0.246 e. The molecule has 0 atom stereocenters. The molecule has 1 fully saturated rings. The molecule has 1 aliphatic heterocycles. The van der Waals surface area contributed by atoms with Crippen LogP contribution in [0.15, 0.2) is 0 Å². The molecule has 0 aromatic carbocycles. The van der Waals surface area contributed by atoms with Crippen molar-refractivity contribution in [1.82, 2.24) is 15.1 Å². The van der Waals surface area contributed by atoms with E-state index in [-0.39, 0.29) is 30.8 Å². The molecular weight excluding hydrogens is 248 g/mol. The van der Waals surface area contributed by atoms with E-state index in [2.05, 4.69) is 5.32 Å². The highest BCUT2D eigenvalue weighted by molar-refractivity contribution is 6.03. The number of hydrogen-bond acceptors (Lipinski definition) is 5. The van der Waals surface area contributed by atoms with Gasteiger partial charge in [0.25, 0.3) is 0 Å². The van der Waals surface area contributed by atoms with Crippen molar-refractivity contribution in [3.63, 3.8) is 0 Å². The van der Waals surface area contributed by atoms with E-state index in [4.69, 9.17) is 5.73 Å². The van der Waals surface area contributed by atoms with E-state index < -0.39 is 5.54 Å². The van der Waals surface area contributed by atoms with Crippen LogP contribution in [0.4, 0.5) is 0 Å². The lowest BCUT2D eigenvalue weighted by molar-refractivity contribution is -0.147. The summed E-state index contributed by atoms with van der Waals surface area (Å²) in [6.45, 7) is 4.59. The third-order valence-corrected chi connectivity index (χ3v) is 3.38. The van der Waals surface area contributed by atoms with Crippen LogP contribution in [0.3, 0.4) is 0 Å². The minimum Gasteiger partial charge on any atom is -0.345 e. The summed E-state index contributed by atoms with van der Waals surface area (Å²) in [6, 6.07) is 0. The summed E-state index contributed by atoms with van der Waals surface area (Å²) in [5.41, 5.74) is 4.53. The zero-order valence-electron chi connectivity index (χ0n) is 11.7. The van der Waals surface area contributed by atoms with Gasteiger partial charge in [-0.2, -0.15) is 0 Å². The first-order valence-electron chi connectivity index (χ1n) is 6.32. The molecule has 0 aromatic heterocycles. The SMILES string of the molecule is CN(CCCN)C(=O)CN1CC(=O)NC(=O)C1(C)C. The molecule has 7 heteroatoms. The Morgan fingerprint density at radius 1 is 1.47 bits per heavy atom. The number of hydrogen-bond donors (Lipinski definition) is 2. The first-order valence-corrected chi connectivity index (χ1v) is 6.32. The summed E-state index contributed by atoms with van der Waals surface area (Å²) in [7, 11) is 1.69. The maximum atomic E-state index is 12.0. The molecule has 3 amide bonds. The fraction of sp³-hybridized carbons (Fsp3) is 0.750. The Morgan fingerprint density at radius 3 is 2.68 bits per heavy atom. The highest BCUT2D eigenvalue weighted by atomic mass is 16.2. The van der Waals surface area contributed by atoms with Gasteiger partial charge in [-0.3, -0.25) is 24.6 Å². The van der Waals surface area contributed by atoms with Crippen molar-refractivity contribution < 1.29 is 14.4 Å². The Kier molecular flexibility index (Phi) is 5.02. The van der Waals surface area contributed by atoms with Gasteiger partial charge in [0.15, 0.2) is 0 Å². The van der Waals surface area contributed by atoms with E-state index in [0.717, 1.165) is 6.42 Å². The van der Waals surface area contributed by atoms with Crippen molar-refractivity contribution in [3.05, 3.63) is 0 Å². The van der Waals surface area contributed by atoms with Gasteiger partial charge in [0.05, 0.1) is 18.6 Å². The van der Waals surface area contributed by atoms with E-state index in [9.17, 15) is 14.4 Å². The highest BCUT2D eigenvalue weighted by Gasteiger charge is 2.41. The predicted molar refractivity (Wildman–Crippen MR) is 70.1 cm³/mol. The topological polar surface area (TPSA) is 95.7 Å². The van der Waals surface area contributed by atoms with Gasteiger partial charge in [-0.05, 0) is 26.8 Å². The molecule has 19 heavy (non-hydrogen) atoms. The van der Waals surface area contributed by atoms with Crippen LogP contribution in [0.25, 0.3) is 0 Å². The summed E-state index contributed by atoms with van der Waals surface area (Å²) < 4.78 is 0. The number of rotatable bonds is 5. The third kappa shape index (κ3) is 3.74. The van der Waals surface area contributed by atoms with Crippen molar-refractivity contribution in [1.29, 1.82) is 0 Å². The summed E-state index contributed by atoms with van der Waals surface area (Å²) in [6.07, 6.45) is 0.727. The second-order valence-electron chi connectivity index (χ2n) is 5.25. The largest absolute Gasteiger partial charge is 0.345 e. The van der Waals surface area contributed by atoms with Gasteiger partial charge in [-0.1, -0.05) is 0 Å². The van der Waals surface area contributed by atoms with Crippen molar-refractivity contribution >= 4 is 17.7 Å². The molecular formula is C12H22N4O3. The quantitative estimate of drug-likeness (QED) is 0.595. The molecule has 0 spiro atoms. The van der Waals surface area contributed by atoms with Crippen LogP contribution in [0.2, 0.25) is 0 Å². The van der Waals surface area contributed by atoms with Crippen LogP contribution in [0.5, 0.6) is 0 Å². The molecule has 108 valence electrons. The molecule has 1 saturated heterocycles. The van der Waals surface area contributed by atoms with Crippen LogP contribution in [0.1, 0.15) is 20.3 Å². The van der Waals surface area contributed by atoms with Crippen molar-refractivity contribution in [3.8, 4) is 0 Å². The number of piperazine rings is 1. The predicted octanol–water partition coefficient (Wildman–Crippen LogP) is -1.47. The normalized spacial score (nSPS) is 19.2. The minimum atomic E-state index is -0.863. The Morgan fingerprint density at radius 2 is 2.11 bits per heavy atom. The summed E-state index contributed by atoms with van der Waals surface area (Å²) >= 11 is 0. The van der Waals surface area contributed by atoms with Crippen molar-refractivity contribution in [2.24, 2.45) is 5.73 Å². The van der Waals surface area contributed by atoms with E-state index in [1.807, 2.05) is 0 Å². The molecule has 0 saturated carbocycles. The lowest BCUT2D eigenvalue weighted by Crippen LogP contribution is -2.65. The number of carbonyl (C=O) groups is 3. The number of imide groups is 1. The molecule has 0 aromatic rings. The van der Waals surface area contributed by atoms with Gasteiger partial charge in [-0.15, -0.1) is 0 Å². The number of likely N-dealkylation sites (N-methyl/N-ethyl adjacent to an activating group) is 1. The molecule has 3 N–H and O–H groups in total. The van der Waals surface area contributed by atoms with Crippen molar-refractivity contribution in [2.45, 2.75) is 25.8 Å². The zero-order chi connectivity index (χ0) is 14.6. The van der Waals surface area contributed by atoms with Gasteiger partial charge in [0.2, 0.25) is 17.7 Å². The average molecular weight is 270 g/mol. The standard InChI is InChI=1S/C12H22N4O3/c1-12(2)11(19)14-9(17)7-16(12)8-10(18)15(3)6-4-5-13/h4-8,13H2,1-3H3,(H,14,17,19). The number of amides is 3. The number of carbonyl (C=O) groups excluding carboxylic acids is 3. The van der Waals surface area contributed by atoms with Gasteiger partial charge in [0.1, 0.15) is 0 Å². The van der Waals surface area contributed by atoms with Gasteiger partial charge >= 0.3 is 0 Å². The highest BCUT2D eigenvalue weighted by Crippen LogP contribution is 2.17. The summed E-state index contributed by atoms with van der Waals surface area (Å²) in [4.78, 5) is 38.3. The van der Waals surface area contributed by atoms with E-state index in [1.54, 1.807) is 30.7 Å². The first kappa shape index (κ1) is 15.6. The maximum absolute atomic E-state index is 12.0. The smallest absolute Gasteiger partial charge is 0.246 e. The monoisotopic (exact) mass is 270 g/mol. The van der Waals surface area contributed by atoms with Crippen LogP contribution in [-0.4, -0.2) is 66.3 Å². The second kappa shape index (κ2) is 6.12. The molecule has 1 heterocycles. The van der Waals surface area contributed by atoms with E-state index in [0.29, 0.717) is 13.1 Å². The fourth-order valence-electron chi connectivity index (χ4n) is 1.82. The Bertz CT molecular complexity index is 381. The lowest BCUT2D eigenvalue weighted by atomic mass is 9.98. The number of nitrogens with zero attached hydrogens (tertiary/aromatic N) is 2. The second-order valence-corrected chi connectivity index (χ2v) is 5.25. The lowest BCUT2D eigenvalue weighted by Gasteiger charge is -2.40. The van der Waals surface area contributed by atoms with Crippen molar-refractivity contribution in [2.75, 3.05) is 33.2 Å². The van der Waals surface area contributed by atoms with Gasteiger partial charge in [-0.25, -0.2) is 0 Å². The van der Waals surface area contributed by atoms with Crippen LogP contribution in [0, 0.1) is 0 Å². The molecule has 0 unspecified atom stereocenters. The number of nitrogens with one attached hydrogen (secondary N) is 1. The number of nitrogens with two attached hydrogens (primary N) is 1. The molecule has 0 radical (unpaired) electrons. The Hall–Kier alpha value is -1.47.